The topological polar surface area (TPSA) is 50.4 Å². The molecule has 0 saturated heterocycles. The van der Waals surface area contributed by atoms with E-state index in [0.29, 0.717) is 5.17 Å². The minimum Gasteiger partial charge on any atom is -0.467 e. The summed E-state index contributed by atoms with van der Waals surface area (Å²) in [4.78, 5) is 0. The Morgan fingerprint density at radius 3 is 3.05 bits per heavy atom. The molecule has 7 heteroatoms. The summed E-state index contributed by atoms with van der Waals surface area (Å²) in [5, 5.41) is 5.43. The van der Waals surface area contributed by atoms with Crippen LogP contribution in [0.1, 0.15) is 18.1 Å². The van der Waals surface area contributed by atoms with E-state index in [2.05, 4.69) is 10.0 Å². The van der Waals surface area contributed by atoms with Gasteiger partial charge in [-0.3, -0.25) is 0 Å². The number of ether oxygens (including phenoxy) is 1. The number of thiophene rings is 1. The van der Waals surface area contributed by atoms with E-state index < -0.39 is 11.0 Å². The summed E-state index contributed by atoms with van der Waals surface area (Å²) in [5.41, 5.74) is 3.93. The summed E-state index contributed by atoms with van der Waals surface area (Å²) in [7, 11) is -1.24. The fourth-order valence-electron chi connectivity index (χ4n) is 2.34. The molecule has 1 aliphatic rings. The van der Waals surface area contributed by atoms with Crippen LogP contribution >= 0.6 is 23.6 Å². The standard InChI is InChI=1S/C15H16N2O2S3/c1-9-6-13-11(7-10(2)19-15(20)16-13)8-12(9)17-22(18)14-4-3-5-21-14/h3-6,8,10,17H,7H2,1-2H3,(H,16,20). The van der Waals surface area contributed by atoms with Gasteiger partial charge in [0, 0.05) is 17.8 Å². The van der Waals surface area contributed by atoms with Crippen molar-refractivity contribution in [3.63, 3.8) is 0 Å². The Morgan fingerprint density at radius 1 is 1.50 bits per heavy atom. The minimum atomic E-state index is -1.24. The van der Waals surface area contributed by atoms with E-state index in [-0.39, 0.29) is 6.10 Å². The van der Waals surface area contributed by atoms with Crippen molar-refractivity contribution in [3.05, 3.63) is 40.8 Å². The molecule has 0 bridgehead atoms. The zero-order chi connectivity index (χ0) is 15.7. The number of nitrogens with one attached hydrogen (secondary N) is 2. The van der Waals surface area contributed by atoms with Crippen molar-refractivity contribution in [1.29, 1.82) is 0 Å². The Labute approximate surface area is 141 Å². The number of aryl methyl sites for hydroxylation is 1. The van der Waals surface area contributed by atoms with E-state index in [1.54, 1.807) is 0 Å². The van der Waals surface area contributed by atoms with Crippen molar-refractivity contribution >= 4 is 51.1 Å². The van der Waals surface area contributed by atoms with Crippen LogP contribution in [0.25, 0.3) is 0 Å². The summed E-state index contributed by atoms with van der Waals surface area (Å²) in [6, 6.07) is 7.80. The van der Waals surface area contributed by atoms with E-state index in [0.717, 1.165) is 33.1 Å². The van der Waals surface area contributed by atoms with Gasteiger partial charge in [0.2, 0.25) is 0 Å². The predicted molar refractivity (Wildman–Crippen MR) is 96.0 cm³/mol. The SMILES string of the molecule is Cc1cc2c(cc1NS(=O)c1cccs1)CC(C)OC(=S)N2. The second-order valence-corrected chi connectivity index (χ2v) is 7.93. The molecule has 2 unspecified atom stereocenters. The largest absolute Gasteiger partial charge is 0.467 e. The smallest absolute Gasteiger partial charge is 0.261 e. The molecular weight excluding hydrogens is 336 g/mol. The van der Waals surface area contributed by atoms with Crippen LogP contribution in [0.2, 0.25) is 0 Å². The first-order valence-corrected chi connectivity index (χ1v) is 9.30. The lowest BCUT2D eigenvalue weighted by molar-refractivity contribution is 0.217. The van der Waals surface area contributed by atoms with Crippen LogP contribution in [0.15, 0.2) is 33.9 Å². The molecule has 2 N–H and O–H groups in total. The van der Waals surface area contributed by atoms with Gasteiger partial charge in [-0.1, -0.05) is 6.07 Å². The highest BCUT2D eigenvalue weighted by molar-refractivity contribution is 7.88. The van der Waals surface area contributed by atoms with Crippen LogP contribution < -0.4 is 10.0 Å². The van der Waals surface area contributed by atoms with Crippen molar-refractivity contribution in [1.82, 2.24) is 0 Å². The third kappa shape index (κ3) is 3.31. The maximum atomic E-state index is 12.3. The predicted octanol–water partition coefficient (Wildman–Crippen LogP) is 3.85. The third-order valence-electron chi connectivity index (χ3n) is 3.38. The molecule has 0 amide bonds. The van der Waals surface area contributed by atoms with Crippen molar-refractivity contribution in [2.45, 2.75) is 30.6 Å². The third-order valence-corrected chi connectivity index (χ3v) is 5.89. The number of anilines is 2. The van der Waals surface area contributed by atoms with Crippen LogP contribution in [0.3, 0.4) is 0 Å². The fraction of sp³-hybridized carbons (Fsp3) is 0.267. The van der Waals surface area contributed by atoms with Crippen molar-refractivity contribution < 1.29 is 8.95 Å². The van der Waals surface area contributed by atoms with Gasteiger partial charge in [0.1, 0.15) is 10.3 Å². The Hall–Kier alpha value is -1.44. The Kier molecular flexibility index (Phi) is 4.46. The number of hydrogen-bond donors (Lipinski definition) is 2. The number of benzene rings is 1. The van der Waals surface area contributed by atoms with Gasteiger partial charge >= 0.3 is 0 Å². The van der Waals surface area contributed by atoms with E-state index in [4.69, 9.17) is 17.0 Å². The fourth-order valence-corrected chi connectivity index (χ4v) is 4.43. The highest BCUT2D eigenvalue weighted by Crippen LogP contribution is 2.30. The average Bonchev–Trinajstić information content (AvgIpc) is 2.93. The molecular formula is C15H16N2O2S3. The van der Waals surface area contributed by atoms with E-state index in [1.807, 2.05) is 43.5 Å². The van der Waals surface area contributed by atoms with Crippen LogP contribution in [0, 0.1) is 6.92 Å². The molecule has 2 heterocycles. The Bertz CT molecular complexity index is 729. The zero-order valence-electron chi connectivity index (χ0n) is 12.2. The van der Waals surface area contributed by atoms with Crippen molar-refractivity contribution in [2.24, 2.45) is 0 Å². The highest BCUT2D eigenvalue weighted by atomic mass is 32.2. The van der Waals surface area contributed by atoms with Gasteiger partial charge in [0.15, 0.2) is 11.0 Å². The van der Waals surface area contributed by atoms with Gasteiger partial charge in [-0.15, -0.1) is 11.3 Å². The maximum Gasteiger partial charge on any atom is 0.261 e. The summed E-state index contributed by atoms with van der Waals surface area (Å²) < 4.78 is 21.8. The number of thiocarbonyl (C=S) groups is 1. The number of fused-ring (bicyclic) bond motifs is 1. The minimum absolute atomic E-state index is 0.0135. The number of rotatable bonds is 3. The quantitative estimate of drug-likeness (QED) is 0.824. The lowest BCUT2D eigenvalue weighted by Crippen LogP contribution is -2.16. The normalized spacial score (nSPS) is 18.6. The molecule has 22 heavy (non-hydrogen) atoms. The molecule has 0 fully saturated rings. The van der Waals surface area contributed by atoms with Gasteiger partial charge < -0.3 is 14.8 Å². The van der Waals surface area contributed by atoms with Gasteiger partial charge in [0.25, 0.3) is 5.17 Å². The highest BCUT2D eigenvalue weighted by Gasteiger charge is 2.19. The molecule has 0 radical (unpaired) electrons. The molecule has 116 valence electrons. The van der Waals surface area contributed by atoms with Crippen molar-refractivity contribution in [2.75, 3.05) is 10.0 Å². The lowest BCUT2D eigenvalue weighted by Gasteiger charge is -2.13. The summed E-state index contributed by atoms with van der Waals surface area (Å²) in [6.45, 7) is 3.97. The molecule has 1 aromatic carbocycles. The molecule has 0 saturated carbocycles. The van der Waals surface area contributed by atoms with Gasteiger partial charge in [0.05, 0.1) is 0 Å². The molecule has 1 aliphatic heterocycles. The van der Waals surface area contributed by atoms with Gasteiger partial charge in [-0.2, -0.15) is 0 Å². The number of hydrogen-bond acceptors (Lipinski definition) is 4. The first-order valence-electron chi connectivity index (χ1n) is 6.86. The first kappa shape index (κ1) is 15.5. The second-order valence-electron chi connectivity index (χ2n) is 5.17. The van der Waals surface area contributed by atoms with Crippen molar-refractivity contribution in [3.8, 4) is 0 Å². The second kappa shape index (κ2) is 6.36. The molecule has 2 aromatic rings. The van der Waals surface area contributed by atoms with E-state index >= 15 is 0 Å². The Balaban J connectivity index is 1.90. The molecule has 2 atom stereocenters. The summed E-state index contributed by atoms with van der Waals surface area (Å²) in [5.74, 6) is 0. The van der Waals surface area contributed by atoms with Gasteiger partial charge in [-0.05, 0) is 60.8 Å². The van der Waals surface area contributed by atoms with Gasteiger partial charge in [-0.25, -0.2) is 4.21 Å². The molecule has 0 aliphatic carbocycles. The van der Waals surface area contributed by atoms with Crippen LogP contribution in [-0.2, 0) is 22.1 Å². The molecule has 3 rings (SSSR count). The Morgan fingerprint density at radius 2 is 2.32 bits per heavy atom. The molecule has 0 spiro atoms. The van der Waals surface area contributed by atoms with E-state index in [1.165, 1.54) is 11.3 Å². The van der Waals surface area contributed by atoms with Crippen LogP contribution in [0.5, 0.6) is 0 Å². The average molecular weight is 353 g/mol. The monoisotopic (exact) mass is 352 g/mol. The molecule has 1 aromatic heterocycles. The maximum absolute atomic E-state index is 12.3. The first-order chi connectivity index (χ1) is 10.5. The summed E-state index contributed by atoms with van der Waals surface area (Å²) >= 11 is 6.63. The van der Waals surface area contributed by atoms with Crippen LogP contribution in [0.4, 0.5) is 11.4 Å². The summed E-state index contributed by atoms with van der Waals surface area (Å²) in [6.07, 6.45) is 0.767. The lowest BCUT2D eigenvalue weighted by atomic mass is 10.0. The molecule has 4 nitrogen and oxygen atoms in total. The van der Waals surface area contributed by atoms with E-state index in [9.17, 15) is 4.21 Å². The van der Waals surface area contributed by atoms with Crippen LogP contribution in [-0.4, -0.2) is 15.5 Å². The zero-order valence-corrected chi connectivity index (χ0v) is 14.7.